The zero-order valence-electron chi connectivity index (χ0n) is 15.0. The van der Waals surface area contributed by atoms with Crippen molar-refractivity contribution in [3.63, 3.8) is 0 Å². The first-order valence-corrected chi connectivity index (χ1v) is 8.63. The summed E-state index contributed by atoms with van der Waals surface area (Å²) in [4.78, 5) is 11.7. The van der Waals surface area contributed by atoms with Gasteiger partial charge in [-0.1, -0.05) is 6.92 Å². The molecule has 1 fully saturated rings. The molecule has 2 rings (SSSR count). The van der Waals surface area contributed by atoms with E-state index in [2.05, 4.69) is 15.3 Å². The maximum absolute atomic E-state index is 11.7. The molecule has 1 aromatic rings. The number of hydrogen-bond donors (Lipinski definition) is 1. The predicted octanol–water partition coefficient (Wildman–Crippen LogP) is -2.92. The molecule has 0 aliphatic carbocycles. The number of halogens is 1. The monoisotopic (exact) mass is 376 g/mol. The Morgan fingerprint density at radius 2 is 2.04 bits per heavy atom. The van der Waals surface area contributed by atoms with Crippen LogP contribution in [0.15, 0.2) is 12.5 Å². The molecular weight excluding hydrogens is 348 g/mol. The van der Waals surface area contributed by atoms with Crippen LogP contribution in [0.1, 0.15) is 19.0 Å². The molecule has 1 aliphatic rings. The SMILES string of the molecule is CC[C@@H]1C(=O)OC[C@@H]1Cc1c[n+](CCOCCOCCO)cn1C.[Cl-]. The number of aryl methyl sites for hydroxylation is 1. The summed E-state index contributed by atoms with van der Waals surface area (Å²) in [7, 11) is 2.02. The lowest BCUT2D eigenvalue weighted by Crippen LogP contribution is -3.00. The number of ether oxygens (including phenoxy) is 3. The van der Waals surface area contributed by atoms with Gasteiger partial charge < -0.3 is 31.7 Å². The van der Waals surface area contributed by atoms with Gasteiger partial charge in [0, 0.05) is 12.3 Å². The lowest BCUT2D eigenvalue weighted by Gasteiger charge is -2.10. The van der Waals surface area contributed by atoms with Crippen molar-refractivity contribution in [2.45, 2.75) is 26.3 Å². The molecule has 1 aliphatic heterocycles. The minimum absolute atomic E-state index is 0. The third-order valence-corrected chi connectivity index (χ3v) is 4.41. The fraction of sp³-hybridized carbons (Fsp3) is 0.765. The van der Waals surface area contributed by atoms with Crippen molar-refractivity contribution in [3.8, 4) is 0 Å². The number of hydrogen-bond acceptors (Lipinski definition) is 5. The Bertz CT molecular complexity index is 523. The molecule has 0 unspecified atom stereocenters. The number of carbonyl (C=O) groups is 1. The first-order chi connectivity index (χ1) is 11.7. The molecule has 0 spiro atoms. The van der Waals surface area contributed by atoms with E-state index in [9.17, 15) is 4.79 Å². The Kier molecular flexibility index (Phi) is 10.0. The fourth-order valence-electron chi connectivity index (χ4n) is 3.06. The predicted molar refractivity (Wildman–Crippen MR) is 86.3 cm³/mol. The van der Waals surface area contributed by atoms with E-state index in [0.717, 1.165) is 19.4 Å². The van der Waals surface area contributed by atoms with Gasteiger partial charge in [-0.05, 0) is 6.42 Å². The standard InChI is InChI=1S/C17H29N2O5.ClH/c1-3-16-14(12-24-17(16)21)10-15-11-19(13-18(15)2)4-6-22-8-9-23-7-5-20;/h11,13-14,16,20H,3-10,12H2,1-2H3;1H/q+1;/p-1/t14-,16-;/m0./s1. The van der Waals surface area contributed by atoms with Gasteiger partial charge in [0.25, 0.3) is 0 Å². The molecule has 1 N–H and O–H groups in total. The van der Waals surface area contributed by atoms with Gasteiger partial charge in [-0.3, -0.25) is 4.79 Å². The molecule has 0 amide bonds. The first-order valence-electron chi connectivity index (χ1n) is 8.63. The van der Waals surface area contributed by atoms with Crippen molar-refractivity contribution >= 4 is 5.97 Å². The first kappa shape index (κ1) is 21.9. The topological polar surface area (TPSA) is 73.8 Å². The second-order valence-electron chi connectivity index (χ2n) is 6.14. The molecular formula is C17H29ClN2O5. The molecule has 0 radical (unpaired) electrons. The van der Waals surface area contributed by atoms with Gasteiger partial charge >= 0.3 is 5.97 Å². The number of cyclic esters (lactones) is 1. The van der Waals surface area contributed by atoms with Gasteiger partial charge in [0.05, 0.1) is 52.6 Å². The van der Waals surface area contributed by atoms with Crippen LogP contribution in [0.5, 0.6) is 0 Å². The zero-order valence-corrected chi connectivity index (χ0v) is 15.8. The normalized spacial score (nSPS) is 19.7. The summed E-state index contributed by atoms with van der Waals surface area (Å²) in [6.07, 6.45) is 5.84. The van der Waals surface area contributed by atoms with Crippen molar-refractivity contribution in [2.75, 3.05) is 39.6 Å². The molecule has 2 atom stereocenters. The summed E-state index contributed by atoms with van der Waals surface area (Å²) in [6, 6.07) is 0. The number of esters is 1. The molecule has 1 aromatic heterocycles. The average Bonchev–Trinajstić information content (AvgIpc) is 3.09. The van der Waals surface area contributed by atoms with Crippen molar-refractivity contribution in [3.05, 3.63) is 18.2 Å². The second-order valence-corrected chi connectivity index (χ2v) is 6.14. The van der Waals surface area contributed by atoms with Crippen LogP contribution in [-0.2, 0) is 39.0 Å². The Morgan fingerprint density at radius 3 is 2.72 bits per heavy atom. The number of aliphatic hydroxyl groups is 1. The fourth-order valence-corrected chi connectivity index (χ4v) is 3.06. The molecule has 1 saturated heterocycles. The third kappa shape index (κ3) is 6.58. The van der Waals surface area contributed by atoms with Crippen LogP contribution in [0.25, 0.3) is 0 Å². The maximum atomic E-state index is 11.7. The van der Waals surface area contributed by atoms with Crippen LogP contribution in [0, 0.1) is 11.8 Å². The van der Waals surface area contributed by atoms with Gasteiger partial charge in [-0.2, -0.15) is 0 Å². The molecule has 0 aromatic carbocycles. The number of rotatable bonds is 11. The minimum atomic E-state index is -0.0543. The molecule has 0 bridgehead atoms. The smallest absolute Gasteiger partial charge is 0.309 e. The number of aromatic nitrogens is 2. The highest BCUT2D eigenvalue weighted by molar-refractivity contribution is 5.74. The lowest BCUT2D eigenvalue weighted by molar-refractivity contribution is -0.698. The number of imidazole rings is 1. The highest BCUT2D eigenvalue weighted by atomic mass is 35.5. The Morgan fingerprint density at radius 1 is 1.32 bits per heavy atom. The highest BCUT2D eigenvalue weighted by Crippen LogP contribution is 2.27. The molecule has 2 heterocycles. The Balaban J connectivity index is 0.00000312. The van der Waals surface area contributed by atoms with Crippen molar-refractivity contribution in [1.82, 2.24) is 4.57 Å². The van der Waals surface area contributed by atoms with E-state index in [1.807, 2.05) is 20.3 Å². The highest BCUT2D eigenvalue weighted by Gasteiger charge is 2.36. The van der Waals surface area contributed by atoms with Gasteiger partial charge in [0.15, 0.2) is 0 Å². The molecule has 25 heavy (non-hydrogen) atoms. The molecule has 8 heteroatoms. The summed E-state index contributed by atoms with van der Waals surface area (Å²) in [5.74, 6) is 0.237. The Hall–Kier alpha value is -1.15. The van der Waals surface area contributed by atoms with E-state index in [4.69, 9.17) is 19.3 Å². The van der Waals surface area contributed by atoms with Crippen LogP contribution in [-0.4, -0.2) is 55.3 Å². The van der Waals surface area contributed by atoms with E-state index in [0.29, 0.717) is 33.0 Å². The van der Waals surface area contributed by atoms with Crippen molar-refractivity contribution < 1.29 is 41.1 Å². The van der Waals surface area contributed by atoms with Gasteiger partial charge in [-0.25, -0.2) is 9.13 Å². The van der Waals surface area contributed by atoms with Gasteiger partial charge in [-0.15, -0.1) is 0 Å². The van der Waals surface area contributed by atoms with Crippen molar-refractivity contribution in [1.29, 1.82) is 0 Å². The van der Waals surface area contributed by atoms with Crippen LogP contribution in [0.3, 0.4) is 0 Å². The van der Waals surface area contributed by atoms with Crippen LogP contribution in [0.2, 0.25) is 0 Å². The number of nitrogens with zero attached hydrogens (tertiary/aromatic N) is 2. The summed E-state index contributed by atoms with van der Waals surface area (Å²) in [5, 5.41) is 8.60. The summed E-state index contributed by atoms with van der Waals surface area (Å²) in [6.45, 7) is 5.37. The van der Waals surface area contributed by atoms with Gasteiger partial charge in [0.2, 0.25) is 6.33 Å². The Labute approximate surface area is 155 Å². The van der Waals surface area contributed by atoms with E-state index >= 15 is 0 Å². The molecule has 0 saturated carbocycles. The van der Waals surface area contributed by atoms with Crippen molar-refractivity contribution in [2.24, 2.45) is 18.9 Å². The molecule has 144 valence electrons. The summed E-state index contributed by atoms with van der Waals surface area (Å²) >= 11 is 0. The number of aliphatic hydroxyl groups excluding tert-OH is 1. The molecule has 7 nitrogen and oxygen atoms in total. The van der Waals surface area contributed by atoms with E-state index in [1.165, 1.54) is 5.69 Å². The average molecular weight is 377 g/mol. The maximum Gasteiger partial charge on any atom is 0.309 e. The van der Waals surface area contributed by atoms with E-state index in [-0.39, 0.29) is 36.8 Å². The second kappa shape index (κ2) is 11.5. The lowest BCUT2D eigenvalue weighted by atomic mass is 9.89. The van der Waals surface area contributed by atoms with Gasteiger partial charge in [0.1, 0.15) is 18.4 Å². The third-order valence-electron chi connectivity index (χ3n) is 4.41. The van der Waals surface area contributed by atoms with Crippen LogP contribution < -0.4 is 17.0 Å². The zero-order chi connectivity index (χ0) is 17.4. The van der Waals surface area contributed by atoms with Crippen LogP contribution >= 0.6 is 0 Å². The largest absolute Gasteiger partial charge is 1.00 e. The quantitative estimate of drug-likeness (QED) is 0.254. The minimum Gasteiger partial charge on any atom is -1.00 e. The van der Waals surface area contributed by atoms with E-state index < -0.39 is 0 Å². The van der Waals surface area contributed by atoms with Crippen LogP contribution in [0.4, 0.5) is 0 Å². The van der Waals surface area contributed by atoms with E-state index in [1.54, 1.807) is 0 Å². The summed E-state index contributed by atoms with van der Waals surface area (Å²) < 4.78 is 20.1. The summed E-state index contributed by atoms with van der Waals surface area (Å²) in [5.41, 5.74) is 1.20. The number of carbonyl (C=O) groups excluding carboxylic acids is 1.